The van der Waals surface area contributed by atoms with Crippen LogP contribution in [0, 0.1) is 5.92 Å². The van der Waals surface area contributed by atoms with Crippen molar-refractivity contribution in [2.24, 2.45) is 5.92 Å². The number of nitrogens with one attached hydrogen (secondary N) is 1. The summed E-state index contributed by atoms with van der Waals surface area (Å²) in [5.41, 5.74) is 0. The predicted molar refractivity (Wildman–Crippen MR) is 60.1 cm³/mol. The molecule has 14 heavy (non-hydrogen) atoms. The third-order valence-corrected chi connectivity index (χ3v) is 1.87. The molecule has 0 aliphatic carbocycles. The van der Waals surface area contributed by atoms with Crippen LogP contribution < -0.4 is 5.32 Å². The van der Waals surface area contributed by atoms with E-state index in [9.17, 15) is 4.79 Å². The van der Waals surface area contributed by atoms with Crippen LogP contribution in [0.5, 0.6) is 0 Å². The Morgan fingerprint density at radius 2 is 2.07 bits per heavy atom. The van der Waals surface area contributed by atoms with Gasteiger partial charge in [0.25, 0.3) is 0 Å². The van der Waals surface area contributed by atoms with Gasteiger partial charge >= 0.3 is 0 Å². The topological polar surface area (TPSA) is 32.3 Å². The zero-order valence-corrected chi connectivity index (χ0v) is 9.71. The highest BCUT2D eigenvalue weighted by atomic mass is 16.1. The maximum atomic E-state index is 11.1. The van der Waals surface area contributed by atoms with Gasteiger partial charge in [-0.3, -0.25) is 4.79 Å². The van der Waals surface area contributed by atoms with Gasteiger partial charge in [0.15, 0.2) is 0 Å². The van der Waals surface area contributed by atoms with Gasteiger partial charge in [-0.05, 0) is 32.5 Å². The molecule has 1 unspecified atom stereocenters. The zero-order chi connectivity index (χ0) is 11.1. The molecule has 0 rings (SSSR count). The number of hydrogen-bond donors (Lipinski definition) is 1. The summed E-state index contributed by atoms with van der Waals surface area (Å²) in [6.07, 6.45) is 2.32. The van der Waals surface area contributed by atoms with Crippen molar-refractivity contribution in [3.8, 4) is 0 Å². The normalized spacial score (nSPS) is 13.0. The van der Waals surface area contributed by atoms with Crippen molar-refractivity contribution in [2.75, 3.05) is 20.6 Å². The van der Waals surface area contributed by atoms with Gasteiger partial charge in [0, 0.05) is 12.6 Å². The Kier molecular flexibility index (Phi) is 6.21. The first-order valence-corrected chi connectivity index (χ1v) is 5.03. The molecule has 0 heterocycles. The Hall–Kier alpha value is -0.830. The van der Waals surface area contributed by atoms with Crippen molar-refractivity contribution < 1.29 is 4.79 Å². The molecule has 0 aromatic heterocycles. The van der Waals surface area contributed by atoms with Crippen LogP contribution in [0.4, 0.5) is 0 Å². The van der Waals surface area contributed by atoms with Crippen LogP contribution in [0.15, 0.2) is 12.7 Å². The Bertz CT molecular complexity index is 178. The van der Waals surface area contributed by atoms with E-state index in [1.807, 2.05) is 14.1 Å². The largest absolute Gasteiger partial charge is 0.349 e. The highest BCUT2D eigenvalue weighted by molar-refractivity contribution is 5.87. The predicted octanol–water partition coefficient (Wildman–Crippen LogP) is 1.26. The highest BCUT2D eigenvalue weighted by Crippen LogP contribution is 2.05. The van der Waals surface area contributed by atoms with E-state index in [2.05, 4.69) is 30.6 Å². The first-order valence-electron chi connectivity index (χ1n) is 5.03. The number of carbonyl (C=O) groups is 1. The summed E-state index contributed by atoms with van der Waals surface area (Å²) in [5.74, 6) is 0.502. The molecule has 0 aromatic carbocycles. The van der Waals surface area contributed by atoms with Crippen LogP contribution in [-0.4, -0.2) is 37.5 Å². The second-order valence-corrected chi connectivity index (χ2v) is 4.30. The highest BCUT2D eigenvalue weighted by Gasteiger charge is 2.12. The number of likely N-dealkylation sites (N-methyl/N-ethyl adjacent to an activating group) is 1. The van der Waals surface area contributed by atoms with Crippen molar-refractivity contribution in [3.05, 3.63) is 12.7 Å². The van der Waals surface area contributed by atoms with Crippen LogP contribution in [0.3, 0.4) is 0 Å². The van der Waals surface area contributed by atoms with E-state index in [4.69, 9.17) is 0 Å². The van der Waals surface area contributed by atoms with Crippen LogP contribution in [-0.2, 0) is 4.79 Å². The standard InChI is InChI=1S/C11H22N2O/c1-6-11(14)12-10(7-9(2)3)8-13(4)5/h6,9-10H,1,7-8H2,2-5H3,(H,12,14). The van der Waals surface area contributed by atoms with Crippen LogP contribution in [0.1, 0.15) is 20.3 Å². The van der Waals surface area contributed by atoms with Gasteiger partial charge in [0.2, 0.25) is 5.91 Å². The van der Waals surface area contributed by atoms with Gasteiger partial charge in [-0.15, -0.1) is 0 Å². The molecular weight excluding hydrogens is 176 g/mol. The molecule has 1 atom stereocenters. The summed E-state index contributed by atoms with van der Waals surface area (Å²) in [6, 6.07) is 0.218. The fraction of sp³-hybridized carbons (Fsp3) is 0.727. The van der Waals surface area contributed by atoms with Crippen molar-refractivity contribution in [1.82, 2.24) is 10.2 Å². The minimum Gasteiger partial charge on any atom is -0.349 e. The molecule has 0 aliphatic heterocycles. The lowest BCUT2D eigenvalue weighted by atomic mass is 10.0. The van der Waals surface area contributed by atoms with Gasteiger partial charge in [-0.2, -0.15) is 0 Å². The van der Waals surface area contributed by atoms with E-state index in [1.54, 1.807) is 0 Å². The van der Waals surface area contributed by atoms with E-state index in [0.717, 1.165) is 13.0 Å². The lowest BCUT2D eigenvalue weighted by Crippen LogP contribution is -2.41. The smallest absolute Gasteiger partial charge is 0.243 e. The minimum absolute atomic E-state index is 0.0856. The van der Waals surface area contributed by atoms with E-state index in [0.29, 0.717) is 5.92 Å². The molecule has 0 aliphatic rings. The fourth-order valence-corrected chi connectivity index (χ4v) is 1.45. The fourth-order valence-electron chi connectivity index (χ4n) is 1.45. The first-order chi connectivity index (χ1) is 6.45. The van der Waals surface area contributed by atoms with Gasteiger partial charge in [0.05, 0.1) is 0 Å². The van der Waals surface area contributed by atoms with Crippen molar-refractivity contribution in [1.29, 1.82) is 0 Å². The number of carbonyl (C=O) groups excluding carboxylic acids is 1. The van der Waals surface area contributed by atoms with Crippen molar-refractivity contribution in [2.45, 2.75) is 26.3 Å². The van der Waals surface area contributed by atoms with Crippen LogP contribution in [0.25, 0.3) is 0 Å². The maximum absolute atomic E-state index is 11.1. The molecule has 0 saturated heterocycles. The first kappa shape index (κ1) is 13.2. The van der Waals surface area contributed by atoms with Gasteiger partial charge in [-0.25, -0.2) is 0 Å². The molecule has 0 saturated carbocycles. The van der Waals surface area contributed by atoms with Crippen LogP contribution in [0.2, 0.25) is 0 Å². The number of amides is 1. The summed E-state index contributed by atoms with van der Waals surface area (Å²) in [4.78, 5) is 13.2. The summed E-state index contributed by atoms with van der Waals surface area (Å²) < 4.78 is 0. The molecule has 3 heteroatoms. The number of rotatable bonds is 6. The van der Waals surface area contributed by atoms with Crippen LogP contribution >= 0.6 is 0 Å². The van der Waals surface area contributed by atoms with Gasteiger partial charge < -0.3 is 10.2 Å². The molecular formula is C11H22N2O. The van der Waals surface area contributed by atoms with Gasteiger partial charge in [-0.1, -0.05) is 20.4 Å². The second kappa shape index (κ2) is 6.60. The Morgan fingerprint density at radius 1 is 1.50 bits per heavy atom. The lowest BCUT2D eigenvalue weighted by Gasteiger charge is -2.23. The number of hydrogen-bond acceptors (Lipinski definition) is 2. The SMILES string of the molecule is C=CC(=O)NC(CC(C)C)CN(C)C. The summed E-state index contributed by atoms with van der Waals surface area (Å²) >= 11 is 0. The maximum Gasteiger partial charge on any atom is 0.243 e. The molecule has 0 radical (unpaired) electrons. The average molecular weight is 198 g/mol. The van der Waals surface area contributed by atoms with E-state index >= 15 is 0 Å². The summed E-state index contributed by atoms with van der Waals surface area (Å²) in [5, 5.41) is 2.93. The molecule has 1 amide bonds. The van der Waals surface area contributed by atoms with E-state index in [-0.39, 0.29) is 11.9 Å². The molecule has 82 valence electrons. The molecule has 0 aromatic rings. The average Bonchev–Trinajstić information content (AvgIpc) is 2.01. The van der Waals surface area contributed by atoms with Gasteiger partial charge in [0.1, 0.15) is 0 Å². The third kappa shape index (κ3) is 6.66. The Balaban J connectivity index is 4.09. The molecule has 3 nitrogen and oxygen atoms in total. The van der Waals surface area contributed by atoms with E-state index < -0.39 is 0 Å². The number of nitrogens with zero attached hydrogens (tertiary/aromatic N) is 1. The summed E-state index contributed by atoms with van der Waals surface area (Å²) in [6.45, 7) is 8.63. The molecule has 0 fully saturated rings. The van der Waals surface area contributed by atoms with Crippen molar-refractivity contribution >= 4 is 5.91 Å². The van der Waals surface area contributed by atoms with E-state index in [1.165, 1.54) is 6.08 Å². The zero-order valence-electron chi connectivity index (χ0n) is 9.71. The molecule has 1 N–H and O–H groups in total. The quantitative estimate of drug-likeness (QED) is 0.652. The Labute approximate surface area is 87.2 Å². The minimum atomic E-state index is -0.0856. The third-order valence-electron chi connectivity index (χ3n) is 1.87. The summed E-state index contributed by atoms with van der Waals surface area (Å²) in [7, 11) is 4.01. The lowest BCUT2D eigenvalue weighted by molar-refractivity contribution is -0.117. The second-order valence-electron chi connectivity index (χ2n) is 4.30. The monoisotopic (exact) mass is 198 g/mol. The van der Waals surface area contributed by atoms with Crippen molar-refractivity contribution in [3.63, 3.8) is 0 Å². The Morgan fingerprint density at radius 3 is 2.43 bits per heavy atom. The molecule has 0 bridgehead atoms. The molecule has 0 spiro atoms.